The van der Waals surface area contributed by atoms with Crippen LogP contribution in [0, 0.1) is 17.8 Å². The predicted molar refractivity (Wildman–Crippen MR) is 130 cm³/mol. The second-order valence-electron chi connectivity index (χ2n) is 9.77. The molecule has 1 aromatic heterocycles. The maximum Gasteiger partial charge on any atom is 0.328 e. The average Bonchev–Trinajstić information content (AvgIpc) is 3.58. The highest BCUT2D eigenvalue weighted by molar-refractivity contribution is 7.90. The van der Waals surface area contributed by atoms with Gasteiger partial charge in [-0.15, -0.1) is 0 Å². The largest absolute Gasteiger partial charge is 0.337 e. The lowest BCUT2D eigenvalue weighted by Gasteiger charge is -2.21. The zero-order chi connectivity index (χ0) is 25.3. The molecule has 2 saturated carbocycles. The molecule has 5 rings (SSSR count). The number of carbonyl (C=O) groups is 3. The van der Waals surface area contributed by atoms with Crippen LogP contribution in [0.5, 0.6) is 0 Å². The van der Waals surface area contributed by atoms with Gasteiger partial charge in [0.2, 0.25) is 0 Å². The zero-order valence-electron chi connectivity index (χ0n) is 19.8. The van der Waals surface area contributed by atoms with Crippen molar-refractivity contribution in [1.82, 2.24) is 25.2 Å². The van der Waals surface area contributed by atoms with Crippen molar-refractivity contribution in [1.29, 1.82) is 0 Å². The molecule has 2 aromatic rings. The van der Waals surface area contributed by atoms with Crippen LogP contribution < -0.4 is 15.4 Å². The van der Waals surface area contributed by atoms with Gasteiger partial charge in [-0.05, 0) is 73.3 Å². The summed E-state index contributed by atoms with van der Waals surface area (Å²) >= 11 is 0. The number of nitrogens with one attached hydrogen (secondary N) is 3. The third-order valence-electron chi connectivity index (χ3n) is 7.48. The number of imide groups is 1. The predicted octanol–water partition coefficient (Wildman–Crippen LogP) is 2.41. The molecule has 3 aliphatic rings. The highest BCUT2D eigenvalue weighted by atomic mass is 32.2. The number of urea groups is 2. The Morgan fingerprint density at radius 3 is 2.56 bits per heavy atom. The van der Waals surface area contributed by atoms with Crippen LogP contribution in [-0.4, -0.2) is 49.4 Å². The second kappa shape index (κ2) is 9.88. The van der Waals surface area contributed by atoms with Crippen LogP contribution >= 0.6 is 0 Å². The Kier molecular flexibility index (Phi) is 6.65. The van der Waals surface area contributed by atoms with E-state index in [-0.39, 0.29) is 23.9 Å². The summed E-state index contributed by atoms with van der Waals surface area (Å²) in [4.78, 5) is 42.2. The first kappa shape index (κ1) is 24.2. The maximum atomic E-state index is 12.6. The molecule has 2 heterocycles. The molecule has 36 heavy (non-hydrogen) atoms. The van der Waals surface area contributed by atoms with Gasteiger partial charge in [-0.25, -0.2) is 22.7 Å². The number of carbonyl (C=O) groups excluding carboxylic acids is 3. The van der Waals surface area contributed by atoms with Crippen molar-refractivity contribution < 1.29 is 22.8 Å². The molecule has 0 saturated heterocycles. The first-order valence-electron chi connectivity index (χ1n) is 12.2. The number of rotatable bonds is 7. The third kappa shape index (κ3) is 5.06. The number of hydrogen-bond acceptors (Lipinski definition) is 6. The van der Waals surface area contributed by atoms with Gasteiger partial charge in [0.05, 0.1) is 22.7 Å². The molecule has 5 amide bonds. The van der Waals surface area contributed by atoms with E-state index in [0.717, 1.165) is 22.8 Å². The zero-order valence-corrected chi connectivity index (χ0v) is 20.6. The summed E-state index contributed by atoms with van der Waals surface area (Å²) in [5, 5.41) is 5.43. The molecule has 3 unspecified atom stereocenters. The minimum atomic E-state index is -3.99. The van der Waals surface area contributed by atoms with Crippen molar-refractivity contribution in [2.24, 2.45) is 17.8 Å². The van der Waals surface area contributed by atoms with E-state index in [1.54, 1.807) is 30.5 Å². The standard InChI is InChI=1S/C25H29N5O5S/c31-23-21-2-1-10-26-22(21)15-30(23)25(33)27-11-9-16-4-7-20(8-5-16)36(34,35)29-24(32)28-14-19-13-17-3-6-18(19)12-17/h1-2,4-5,7-8,10,17-19H,3,6,9,11-15H2,(H,27,33)(H2,28,29,32). The van der Waals surface area contributed by atoms with Crippen LogP contribution in [0.25, 0.3) is 0 Å². The van der Waals surface area contributed by atoms with Gasteiger partial charge in [0.25, 0.3) is 15.9 Å². The second-order valence-corrected chi connectivity index (χ2v) is 11.4. The highest BCUT2D eigenvalue weighted by Gasteiger charge is 2.39. The number of aromatic nitrogens is 1. The molecule has 0 spiro atoms. The third-order valence-corrected chi connectivity index (χ3v) is 8.83. The molecule has 1 aliphatic heterocycles. The van der Waals surface area contributed by atoms with E-state index < -0.39 is 22.1 Å². The number of pyridine rings is 1. The van der Waals surface area contributed by atoms with Gasteiger partial charge >= 0.3 is 12.1 Å². The van der Waals surface area contributed by atoms with Crippen LogP contribution in [0.4, 0.5) is 9.59 Å². The lowest BCUT2D eigenvalue weighted by atomic mass is 9.89. The number of benzene rings is 1. The Balaban J connectivity index is 1.07. The van der Waals surface area contributed by atoms with E-state index in [1.165, 1.54) is 31.4 Å². The van der Waals surface area contributed by atoms with Crippen LogP contribution in [0.3, 0.4) is 0 Å². The van der Waals surface area contributed by atoms with E-state index in [1.807, 2.05) is 0 Å². The van der Waals surface area contributed by atoms with E-state index >= 15 is 0 Å². The van der Waals surface area contributed by atoms with Crippen molar-refractivity contribution >= 4 is 28.0 Å². The first-order valence-corrected chi connectivity index (χ1v) is 13.7. The monoisotopic (exact) mass is 511 g/mol. The SMILES string of the molecule is O=C(NCC1CC2CCC1C2)NS(=O)(=O)c1ccc(CCNC(=O)N2Cc3ncccc3C2=O)cc1. The quantitative estimate of drug-likeness (QED) is 0.522. The molecule has 3 N–H and O–H groups in total. The number of hydrogen-bond donors (Lipinski definition) is 3. The molecule has 190 valence electrons. The lowest BCUT2D eigenvalue weighted by molar-refractivity contribution is 0.0820. The summed E-state index contributed by atoms with van der Waals surface area (Å²) in [7, 11) is -3.99. The maximum absolute atomic E-state index is 12.6. The van der Waals surface area contributed by atoms with Crippen molar-refractivity contribution in [3.63, 3.8) is 0 Å². The van der Waals surface area contributed by atoms with Crippen LogP contribution in [0.1, 0.15) is 47.3 Å². The number of nitrogens with zero attached hydrogens (tertiary/aromatic N) is 2. The van der Waals surface area contributed by atoms with Gasteiger partial charge < -0.3 is 10.6 Å². The Hall–Kier alpha value is -3.47. The van der Waals surface area contributed by atoms with E-state index in [9.17, 15) is 22.8 Å². The van der Waals surface area contributed by atoms with Gasteiger partial charge in [-0.1, -0.05) is 18.6 Å². The number of fused-ring (bicyclic) bond motifs is 3. The van der Waals surface area contributed by atoms with E-state index in [4.69, 9.17) is 0 Å². The van der Waals surface area contributed by atoms with Gasteiger partial charge in [0.15, 0.2) is 0 Å². The van der Waals surface area contributed by atoms with Gasteiger partial charge in [0.1, 0.15) is 0 Å². The van der Waals surface area contributed by atoms with Crippen molar-refractivity contribution in [3.05, 3.63) is 59.4 Å². The Bertz CT molecular complexity index is 1280. The summed E-state index contributed by atoms with van der Waals surface area (Å²) in [5.41, 5.74) is 1.80. The minimum Gasteiger partial charge on any atom is -0.337 e. The summed E-state index contributed by atoms with van der Waals surface area (Å²) in [6, 6.07) is 8.21. The van der Waals surface area contributed by atoms with Gasteiger partial charge in [-0.3, -0.25) is 14.7 Å². The van der Waals surface area contributed by atoms with Crippen LogP contribution in [-0.2, 0) is 23.0 Å². The number of amides is 5. The molecule has 1 aromatic carbocycles. The highest BCUT2D eigenvalue weighted by Crippen LogP contribution is 2.47. The van der Waals surface area contributed by atoms with E-state index in [0.29, 0.717) is 36.1 Å². The fraction of sp³-hybridized carbons (Fsp3) is 0.440. The topological polar surface area (TPSA) is 138 Å². The molecule has 2 bridgehead atoms. The minimum absolute atomic E-state index is 0.0155. The normalized spacial score (nSPS) is 22.4. The fourth-order valence-corrected chi connectivity index (χ4v) is 6.53. The fourth-order valence-electron chi connectivity index (χ4n) is 5.60. The van der Waals surface area contributed by atoms with Crippen LogP contribution in [0.2, 0.25) is 0 Å². The molecular formula is C25H29N5O5S. The molecule has 2 aliphatic carbocycles. The summed E-state index contributed by atoms with van der Waals surface area (Å²) in [6.45, 7) is 0.899. The van der Waals surface area contributed by atoms with E-state index in [2.05, 4.69) is 20.3 Å². The Morgan fingerprint density at radius 2 is 1.86 bits per heavy atom. The summed E-state index contributed by atoms with van der Waals surface area (Å²) in [6.07, 6.45) is 6.84. The summed E-state index contributed by atoms with van der Waals surface area (Å²) < 4.78 is 27.2. The molecule has 10 nitrogen and oxygen atoms in total. The van der Waals surface area contributed by atoms with Gasteiger partial charge in [0, 0.05) is 19.3 Å². The average molecular weight is 512 g/mol. The molecule has 11 heteroatoms. The summed E-state index contributed by atoms with van der Waals surface area (Å²) in [5.74, 6) is 1.47. The van der Waals surface area contributed by atoms with Crippen molar-refractivity contribution in [2.45, 2.75) is 43.5 Å². The molecule has 3 atom stereocenters. The smallest absolute Gasteiger partial charge is 0.328 e. The Morgan fingerprint density at radius 1 is 1.06 bits per heavy atom. The molecular weight excluding hydrogens is 482 g/mol. The van der Waals surface area contributed by atoms with Gasteiger partial charge in [-0.2, -0.15) is 0 Å². The van der Waals surface area contributed by atoms with Crippen molar-refractivity contribution in [3.8, 4) is 0 Å². The lowest BCUT2D eigenvalue weighted by Crippen LogP contribution is -2.42. The molecule has 0 radical (unpaired) electrons. The van der Waals surface area contributed by atoms with Crippen molar-refractivity contribution in [2.75, 3.05) is 13.1 Å². The van der Waals surface area contributed by atoms with Crippen LogP contribution in [0.15, 0.2) is 47.5 Å². The number of sulfonamides is 1. The molecule has 2 fully saturated rings. The Labute approximate surface area is 209 Å². The first-order chi connectivity index (χ1) is 17.3.